The van der Waals surface area contributed by atoms with Crippen molar-refractivity contribution in [2.45, 2.75) is 27.2 Å². The van der Waals surface area contributed by atoms with Gasteiger partial charge in [0, 0.05) is 22.7 Å². The molecule has 1 aromatic carbocycles. The van der Waals surface area contributed by atoms with Crippen molar-refractivity contribution < 1.29 is 14.4 Å². The quantitative estimate of drug-likeness (QED) is 0.366. The highest BCUT2D eigenvalue weighted by atomic mass is 32.2. The number of rotatable bonds is 7. The van der Waals surface area contributed by atoms with E-state index in [0.717, 1.165) is 17.0 Å². The molecule has 138 valence electrons. The number of allylic oxidation sites excluding steroid dienone is 1. The van der Waals surface area contributed by atoms with Crippen LogP contribution in [0.1, 0.15) is 33.0 Å². The molecule has 1 N–H and O–H groups in total. The average Bonchev–Trinajstić information content (AvgIpc) is 3.08. The topological polar surface area (TPSA) is 53.7 Å². The first-order chi connectivity index (χ1) is 12.3. The number of carbonyl (C=O) groups is 1. The molecule has 0 saturated heterocycles. The highest BCUT2D eigenvalue weighted by molar-refractivity contribution is 8.26. The Morgan fingerprint density at radius 2 is 1.96 bits per heavy atom. The highest BCUT2D eigenvalue weighted by Gasteiger charge is 2.18. The van der Waals surface area contributed by atoms with Crippen LogP contribution in [-0.4, -0.2) is 22.2 Å². The van der Waals surface area contributed by atoms with Gasteiger partial charge in [0.25, 0.3) is 0 Å². The largest absolute Gasteiger partial charge is 0.457 e. The van der Waals surface area contributed by atoms with Gasteiger partial charge in [0.05, 0.1) is 10.6 Å². The Hall–Kier alpha value is -1.89. The fourth-order valence-electron chi connectivity index (χ4n) is 2.29. The number of furan rings is 1. The molecule has 0 aliphatic heterocycles. The summed E-state index contributed by atoms with van der Waals surface area (Å²) in [4.78, 5) is 13.2. The molecular formula is C20H23NO3S2. The predicted octanol–water partition coefficient (Wildman–Crippen LogP) is 5.81. The van der Waals surface area contributed by atoms with E-state index in [0.29, 0.717) is 26.3 Å². The van der Waals surface area contributed by atoms with Crippen LogP contribution in [-0.2, 0) is 4.79 Å². The van der Waals surface area contributed by atoms with Crippen LogP contribution in [0.5, 0.6) is 0 Å². The van der Waals surface area contributed by atoms with Crippen molar-refractivity contribution in [3.05, 3.63) is 47.1 Å². The van der Waals surface area contributed by atoms with Crippen LogP contribution in [0.3, 0.4) is 0 Å². The minimum Gasteiger partial charge on any atom is -0.457 e. The highest BCUT2D eigenvalue weighted by Crippen LogP contribution is 2.29. The lowest BCUT2D eigenvalue weighted by molar-refractivity contribution is -0.118. The van der Waals surface area contributed by atoms with Gasteiger partial charge in [-0.1, -0.05) is 37.8 Å². The van der Waals surface area contributed by atoms with E-state index in [1.165, 1.54) is 11.8 Å². The van der Waals surface area contributed by atoms with Gasteiger partial charge >= 0.3 is 0 Å². The van der Waals surface area contributed by atoms with Gasteiger partial charge in [-0.05, 0) is 55.8 Å². The average molecular weight is 390 g/mol. The summed E-state index contributed by atoms with van der Waals surface area (Å²) in [5.41, 5.74) is 1.58. The number of hydrogen-bond acceptors (Lipinski definition) is 6. The fourth-order valence-corrected chi connectivity index (χ4v) is 3.35. The summed E-state index contributed by atoms with van der Waals surface area (Å²) in [6.45, 7) is 5.72. The number of thioether (sulfide) groups is 1. The van der Waals surface area contributed by atoms with E-state index in [4.69, 9.17) is 16.6 Å². The normalized spacial score (nSPS) is 12.7. The van der Waals surface area contributed by atoms with E-state index in [9.17, 15) is 10.0 Å². The maximum atomic E-state index is 12.6. The Bertz CT molecular complexity index is 807. The van der Waals surface area contributed by atoms with Crippen molar-refractivity contribution in [2.24, 2.45) is 5.92 Å². The molecule has 2 rings (SSSR count). The summed E-state index contributed by atoms with van der Waals surface area (Å²) in [6.07, 6.45) is 2.54. The second-order valence-corrected chi connectivity index (χ2v) is 8.18. The third-order valence-electron chi connectivity index (χ3n) is 3.98. The molecule has 0 aliphatic rings. The molecular weight excluding hydrogens is 366 g/mol. The maximum absolute atomic E-state index is 12.6. The summed E-state index contributed by atoms with van der Waals surface area (Å²) in [7, 11) is 1.57. The van der Waals surface area contributed by atoms with Crippen molar-refractivity contribution in [3.8, 4) is 11.3 Å². The second kappa shape index (κ2) is 9.16. The van der Waals surface area contributed by atoms with Crippen molar-refractivity contribution in [3.63, 3.8) is 0 Å². The van der Waals surface area contributed by atoms with E-state index in [-0.39, 0.29) is 11.7 Å². The molecule has 2 aromatic rings. The number of hydroxylamine groups is 1. The van der Waals surface area contributed by atoms with Crippen LogP contribution in [0.25, 0.3) is 17.4 Å². The molecule has 4 nitrogen and oxygen atoms in total. The summed E-state index contributed by atoms with van der Waals surface area (Å²) >= 11 is 6.47. The SMILES string of the molecule is CCC(C)C(=O)/C(=C/c1ccc(-c2ccc(N(C)O)cc2)o1)SC(C)=S. The lowest BCUT2D eigenvalue weighted by Crippen LogP contribution is -2.11. The molecule has 0 bridgehead atoms. The molecule has 1 atom stereocenters. The van der Waals surface area contributed by atoms with Crippen molar-refractivity contribution in [2.75, 3.05) is 12.1 Å². The number of carbonyl (C=O) groups excluding carboxylic acids is 1. The molecule has 0 radical (unpaired) electrons. The number of anilines is 1. The molecule has 0 saturated carbocycles. The van der Waals surface area contributed by atoms with E-state index in [1.807, 2.05) is 45.0 Å². The number of Topliss-reactive ketones (excluding diaryl/α,β-unsaturated/α-hetero) is 1. The van der Waals surface area contributed by atoms with Crippen molar-refractivity contribution >= 4 is 45.7 Å². The molecule has 1 heterocycles. The van der Waals surface area contributed by atoms with Gasteiger partial charge in [-0.15, -0.1) is 0 Å². The molecule has 0 amide bonds. The van der Waals surface area contributed by atoms with Crippen LogP contribution >= 0.6 is 24.0 Å². The predicted molar refractivity (Wildman–Crippen MR) is 113 cm³/mol. The van der Waals surface area contributed by atoms with Gasteiger partial charge in [-0.25, -0.2) is 0 Å². The second-order valence-electron chi connectivity index (χ2n) is 6.05. The third-order valence-corrected chi connectivity index (χ3v) is 5.06. The van der Waals surface area contributed by atoms with Gasteiger partial charge in [-0.3, -0.25) is 15.1 Å². The number of hydrogen-bond donors (Lipinski definition) is 1. The Morgan fingerprint density at radius 1 is 1.31 bits per heavy atom. The molecule has 6 heteroatoms. The van der Waals surface area contributed by atoms with E-state index in [2.05, 4.69) is 0 Å². The molecule has 26 heavy (non-hydrogen) atoms. The first-order valence-electron chi connectivity index (χ1n) is 8.39. The van der Waals surface area contributed by atoms with Crippen LogP contribution < -0.4 is 5.06 Å². The van der Waals surface area contributed by atoms with Crippen LogP contribution in [0.15, 0.2) is 45.7 Å². The van der Waals surface area contributed by atoms with Gasteiger partial charge in [-0.2, -0.15) is 0 Å². The molecule has 0 fully saturated rings. The lowest BCUT2D eigenvalue weighted by atomic mass is 10.0. The molecule has 1 aromatic heterocycles. The van der Waals surface area contributed by atoms with Gasteiger partial charge in [0.15, 0.2) is 5.78 Å². The van der Waals surface area contributed by atoms with Crippen LogP contribution in [0.4, 0.5) is 5.69 Å². The van der Waals surface area contributed by atoms with Gasteiger partial charge < -0.3 is 4.42 Å². The molecule has 0 aliphatic carbocycles. The fraction of sp³-hybridized carbons (Fsp3) is 0.300. The number of thiocarbonyl (C=S) groups is 1. The Kier molecular flexibility index (Phi) is 7.20. The zero-order valence-corrected chi connectivity index (χ0v) is 17.0. The maximum Gasteiger partial charge on any atom is 0.172 e. The number of ketones is 1. The zero-order valence-electron chi connectivity index (χ0n) is 15.4. The molecule has 1 unspecified atom stereocenters. The minimum atomic E-state index is -0.0550. The standard InChI is InChI=1S/C20H23NO3S2/c1-5-13(2)20(22)19(26-14(3)25)12-17-10-11-18(24-17)15-6-8-16(9-7-15)21(4)23/h6-13,23H,5H2,1-4H3/b19-12-. The van der Waals surface area contributed by atoms with E-state index < -0.39 is 0 Å². The summed E-state index contributed by atoms with van der Waals surface area (Å²) < 4.78 is 6.58. The zero-order chi connectivity index (χ0) is 19.3. The summed E-state index contributed by atoms with van der Waals surface area (Å²) in [5.74, 6) is 1.33. The first kappa shape index (κ1) is 20.4. The Labute approximate surface area is 163 Å². The van der Waals surface area contributed by atoms with Gasteiger partial charge in [0.1, 0.15) is 11.5 Å². The van der Waals surface area contributed by atoms with E-state index >= 15 is 0 Å². The monoisotopic (exact) mass is 389 g/mol. The first-order valence-corrected chi connectivity index (χ1v) is 9.61. The lowest BCUT2D eigenvalue weighted by Gasteiger charge is -2.10. The summed E-state index contributed by atoms with van der Waals surface area (Å²) in [6, 6.07) is 11.0. The van der Waals surface area contributed by atoms with E-state index in [1.54, 1.807) is 25.3 Å². The number of nitrogens with zero attached hydrogens (tertiary/aromatic N) is 1. The Balaban J connectivity index is 2.29. The Morgan fingerprint density at radius 3 is 2.50 bits per heavy atom. The third kappa shape index (κ3) is 5.30. The van der Waals surface area contributed by atoms with Crippen molar-refractivity contribution in [1.82, 2.24) is 0 Å². The number of benzene rings is 1. The van der Waals surface area contributed by atoms with Crippen LogP contribution in [0, 0.1) is 5.92 Å². The minimum absolute atomic E-state index is 0.0550. The smallest absolute Gasteiger partial charge is 0.172 e. The van der Waals surface area contributed by atoms with Crippen molar-refractivity contribution in [1.29, 1.82) is 0 Å². The van der Waals surface area contributed by atoms with Crippen LogP contribution in [0.2, 0.25) is 0 Å². The molecule has 0 spiro atoms. The van der Waals surface area contributed by atoms with Gasteiger partial charge in [0.2, 0.25) is 0 Å². The summed E-state index contributed by atoms with van der Waals surface area (Å²) in [5, 5.41) is 10.5.